The lowest BCUT2D eigenvalue weighted by atomic mass is 9.87. The Hall–Kier alpha value is -3.36. The normalized spacial score (nSPS) is 20.5. The largest absolute Gasteiger partial charge is 0.334 e. The van der Waals surface area contributed by atoms with Gasteiger partial charge in [-0.25, -0.2) is 14.4 Å². The maximum atomic E-state index is 14.6. The van der Waals surface area contributed by atoms with E-state index in [1.807, 2.05) is 19.9 Å². The highest BCUT2D eigenvalue weighted by Crippen LogP contribution is 2.36. The lowest BCUT2D eigenvalue weighted by Crippen LogP contribution is -2.70. The number of hydrogen-bond acceptors (Lipinski definition) is 6. The smallest absolute Gasteiger partial charge is 0.259 e. The first-order valence-corrected chi connectivity index (χ1v) is 9.56. The summed E-state index contributed by atoms with van der Waals surface area (Å²) in [6.45, 7) is 4.91. The standard InChI is InChI=1S/C20H20FN7O/c1-12-8-13(2)25-20(24-12)27-14-9-15(27)11-26(10-14)19(29)18-16(21)4-3-5-17(18)28-22-6-7-23-28/h3-8,14-15H,9-11H2,1-2H3. The van der Waals surface area contributed by atoms with E-state index in [2.05, 4.69) is 25.1 Å². The molecular weight excluding hydrogens is 373 g/mol. The summed E-state index contributed by atoms with van der Waals surface area (Å²) in [5.41, 5.74) is 2.19. The molecular formula is C20H20FN7O. The first-order chi connectivity index (χ1) is 14.0. The number of carbonyl (C=O) groups excluding carboxylic acids is 1. The SMILES string of the molecule is Cc1cc(C)nc(N2C3CC2CN(C(=O)c2c(F)cccc2-n2nccn2)C3)n1. The molecule has 9 heteroatoms. The minimum atomic E-state index is -0.571. The van der Waals surface area contributed by atoms with Gasteiger partial charge in [-0.3, -0.25) is 4.79 Å². The number of rotatable bonds is 3. The van der Waals surface area contributed by atoms with Crippen molar-refractivity contribution in [2.75, 3.05) is 18.0 Å². The van der Waals surface area contributed by atoms with Crippen LogP contribution in [0, 0.1) is 19.7 Å². The number of fused-ring (bicyclic) bond motifs is 2. The molecule has 2 bridgehead atoms. The number of aryl methyl sites for hydroxylation is 2. The minimum absolute atomic E-state index is 0.000741. The Bertz CT molecular complexity index is 1050. The van der Waals surface area contributed by atoms with Gasteiger partial charge in [0, 0.05) is 24.5 Å². The molecule has 3 aliphatic rings. The zero-order chi connectivity index (χ0) is 20.1. The van der Waals surface area contributed by atoms with Gasteiger partial charge in [-0.2, -0.15) is 15.0 Å². The van der Waals surface area contributed by atoms with E-state index < -0.39 is 5.82 Å². The summed E-state index contributed by atoms with van der Waals surface area (Å²) in [6.07, 6.45) is 3.97. The van der Waals surface area contributed by atoms with Crippen LogP contribution in [0.3, 0.4) is 0 Å². The molecule has 0 spiro atoms. The third kappa shape index (κ3) is 2.93. The minimum Gasteiger partial charge on any atom is -0.334 e. The third-order valence-corrected chi connectivity index (χ3v) is 5.52. The number of piperazine rings is 1. The van der Waals surface area contributed by atoms with Crippen LogP contribution in [0.2, 0.25) is 0 Å². The molecule has 148 valence electrons. The summed E-state index contributed by atoms with van der Waals surface area (Å²) < 4.78 is 14.6. The Labute approximate surface area is 167 Å². The van der Waals surface area contributed by atoms with Crippen LogP contribution in [0.15, 0.2) is 36.7 Å². The molecule has 0 aliphatic carbocycles. The van der Waals surface area contributed by atoms with Crippen LogP contribution < -0.4 is 4.90 Å². The average molecular weight is 393 g/mol. The number of benzene rings is 1. The van der Waals surface area contributed by atoms with Gasteiger partial charge in [-0.1, -0.05) is 6.07 Å². The number of halogens is 1. The molecule has 5 heterocycles. The lowest BCUT2D eigenvalue weighted by Gasteiger charge is -2.56. The maximum absolute atomic E-state index is 14.6. The Kier molecular flexibility index (Phi) is 4.04. The van der Waals surface area contributed by atoms with E-state index in [1.54, 1.807) is 17.0 Å². The number of amides is 1. The Balaban J connectivity index is 1.41. The number of aromatic nitrogens is 5. The van der Waals surface area contributed by atoms with E-state index in [-0.39, 0.29) is 23.6 Å². The van der Waals surface area contributed by atoms with Gasteiger partial charge in [0.25, 0.3) is 5.91 Å². The van der Waals surface area contributed by atoms with Crippen molar-refractivity contribution in [3.05, 3.63) is 59.4 Å². The molecule has 2 atom stereocenters. The van der Waals surface area contributed by atoms with E-state index >= 15 is 0 Å². The summed E-state index contributed by atoms with van der Waals surface area (Å²) in [5, 5.41) is 8.10. The molecule has 0 saturated carbocycles. The molecule has 0 N–H and O–H groups in total. The first kappa shape index (κ1) is 17.7. The van der Waals surface area contributed by atoms with Crippen molar-refractivity contribution < 1.29 is 9.18 Å². The number of carbonyl (C=O) groups is 1. The Morgan fingerprint density at radius 2 is 1.72 bits per heavy atom. The monoisotopic (exact) mass is 393 g/mol. The van der Waals surface area contributed by atoms with Crippen LogP contribution in [-0.2, 0) is 0 Å². The van der Waals surface area contributed by atoms with Crippen LogP contribution in [-0.4, -0.2) is 60.9 Å². The molecule has 3 saturated heterocycles. The van der Waals surface area contributed by atoms with Gasteiger partial charge in [0.15, 0.2) is 0 Å². The van der Waals surface area contributed by atoms with Crippen molar-refractivity contribution in [3.63, 3.8) is 0 Å². The fourth-order valence-corrected chi connectivity index (χ4v) is 4.31. The van der Waals surface area contributed by atoms with Gasteiger partial charge in [0.1, 0.15) is 17.1 Å². The van der Waals surface area contributed by atoms with Crippen molar-refractivity contribution in [2.45, 2.75) is 32.4 Å². The lowest BCUT2D eigenvalue weighted by molar-refractivity contribution is 0.0568. The highest BCUT2D eigenvalue weighted by Gasteiger charge is 2.47. The van der Waals surface area contributed by atoms with E-state index in [1.165, 1.54) is 23.3 Å². The molecule has 1 amide bonds. The molecule has 2 unspecified atom stereocenters. The van der Waals surface area contributed by atoms with E-state index in [9.17, 15) is 9.18 Å². The van der Waals surface area contributed by atoms with Crippen molar-refractivity contribution in [1.82, 2.24) is 29.9 Å². The van der Waals surface area contributed by atoms with Gasteiger partial charge >= 0.3 is 0 Å². The maximum Gasteiger partial charge on any atom is 0.259 e. The quantitative estimate of drug-likeness (QED) is 0.676. The zero-order valence-corrected chi connectivity index (χ0v) is 16.2. The highest BCUT2D eigenvalue weighted by atomic mass is 19.1. The second-order valence-electron chi connectivity index (χ2n) is 7.56. The molecule has 2 aromatic heterocycles. The van der Waals surface area contributed by atoms with Crippen molar-refractivity contribution >= 4 is 11.9 Å². The van der Waals surface area contributed by atoms with Gasteiger partial charge < -0.3 is 9.80 Å². The predicted molar refractivity (Wildman–Crippen MR) is 103 cm³/mol. The van der Waals surface area contributed by atoms with Gasteiger partial charge in [0.05, 0.1) is 24.5 Å². The molecule has 8 nitrogen and oxygen atoms in total. The molecule has 6 rings (SSSR count). The molecule has 0 radical (unpaired) electrons. The van der Waals surface area contributed by atoms with Crippen LogP contribution in [0.1, 0.15) is 28.2 Å². The molecule has 3 aromatic rings. The van der Waals surface area contributed by atoms with Crippen LogP contribution in [0.25, 0.3) is 5.69 Å². The number of hydrogen-bond donors (Lipinski definition) is 0. The van der Waals surface area contributed by atoms with Crippen LogP contribution in [0.5, 0.6) is 0 Å². The van der Waals surface area contributed by atoms with Crippen LogP contribution in [0.4, 0.5) is 10.3 Å². The zero-order valence-electron chi connectivity index (χ0n) is 16.2. The summed E-state index contributed by atoms with van der Waals surface area (Å²) in [7, 11) is 0. The summed E-state index contributed by atoms with van der Waals surface area (Å²) in [6, 6.07) is 6.71. The third-order valence-electron chi connectivity index (χ3n) is 5.52. The van der Waals surface area contributed by atoms with Gasteiger partial charge in [-0.15, -0.1) is 0 Å². The van der Waals surface area contributed by atoms with Crippen molar-refractivity contribution in [3.8, 4) is 5.69 Å². The van der Waals surface area contributed by atoms with Crippen molar-refractivity contribution in [1.29, 1.82) is 0 Å². The topological polar surface area (TPSA) is 80.0 Å². The average Bonchev–Trinajstić information content (AvgIpc) is 3.21. The molecule has 3 fully saturated rings. The molecule has 1 aromatic carbocycles. The summed E-state index contributed by atoms with van der Waals surface area (Å²) >= 11 is 0. The second-order valence-corrected chi connectivity index (χ2v) is 7.56. The first-order valence-electron chi connectivity index (χ1n) is 9.56. The van der Waals surface area contributed by atoms with E-state index in [0.717, 1.165) is 17.8 Å². The fraction of sp³-hybridized carbons (Fsp3) is 0.350. The molecule has 29 heavy (non-hydrogen) atoms. The van der Waals surface area contributed by atoms with E-state index in [0.29, 0.717) is 24.7 Å². The predicted octanol–water partition coefficient (Wildman–Crippen LogP) is 1.92. The Morgan fingerprint density at radius 3 is 2.38 bits per heavy atom. The van der Waals surface area contributed by atoms with Crippen molar-refractivity contribution in [2.24, 2.45) is 0 Å². The summed E-state index contributed by atoms with van der Waals surface area (Å²) in [5.74, 6) is -0.201. The summed E-state index contributed by atoms with van der Waals surface area (Å²) in [4.78, 5) is 27.5. The number of piperidine rings is 1. The van der Waals surface area contributed by atoms with Gasteiger partial charge in [-0.05, 0) is 38.5 Å². The van der Waals surface area contributed by atoms with Gasteiger partial charge in [0.2, 0.25) is 5.95 Å². The fourth-order valence-electron chi connectivity index (χ4n) is 4.31. The second kappa shape index (κ2) is 6.61. The number of anilines is 1. The van der Waals surface area contributed by atoms with E-state index in [4.69, 9.17) is 0 Å². The Morgan fingerprint density at radius 1 is 1.07 bits per heavy atom. The highest BCUT2D eigenvalue weighted by molar-refractivity contribution is 5.98. The number of nitrogens with zero attached hydrogens (tertiary/aromatic N) is 7. The van der Waals surface area contributed by atoms with Crippen LogP contribution >= 0.6 is 0 Å². The molecule has 3 aliphatic heterocycles.